The van der Waals surface area contributed by atoms with E-state index >= 15 is 0 Å². The van der Waals surface area contributed by atoms with E-state index in [1.165, 1.54) is 23.0 Å². The Morgan fingerprint density at radius 1 is 0.925 bits per heavy atom. The summed E-state index contributed by atoms with van der Waals surface area (Å²) in [6.45, 7) is 3.56. The lowest BCUT2D eigenvalue weighted by Gasteiger charge is -2.36. The van der Waals surface area contributed by atoms with Crippen molar-refractivity contribution in [1.29, 1.82) is 0 Å². The van der Waals surface area contributed by atoms with Gasteiger partial charge in [-0.2, -0.15) is 4.98 Å². The molecular weight excluding hydrogens is 510 g/mol. The molecule has 9 heteroatoms. The number of nitrogens with one attached hydrogen (secondary N) is 1. The fourth-order valence-electron chi connectivity index (χ4n) is 5.82. The zero-order valence-electron chi connectivity index (χ0n) is 22.7. The molecule has 40 heavy (non-hydrogen) atoms. The third-order valence-corrected chi connectivity index (χ3v) is 8.03. The quantitative estimate of drug-likeness (QED) is 0.267. The van der Waals surface area contributed by atoms with Gasteiger partial charge >= 0.3 is 0 Å². The minimum absolute atomic E-state index is 0.293. The fourth-order valence-corrected chi connectivity index (χ4v) is 5.82. The van der Waals surface area contributed by atoms with Crippen LogP contribution in [0.25, 0.3) is 16.9 Å². The zero-order valence-corrected chi connectivity index (χ0v) is 22.7. The number of hydrogen-bond donors (Lipinski definition) is 1. The Balaban J connectivity index is 1.12. The molecule has 2 aromatic carbocycles. The van der Waals surface area contributed by atoms with Crippen LogP contribution in [-0.2, 0) is 17.6 Å². The molecule has 0 radical (unpaired) electrons. The zero-order chi connectivity index (χ0) is 27.3. The molecule has 0 atom stereocenters. The van der Waals surface area contributed by atoms with Crippen molar-refractivity contribution in [3.8, 4) is 5.82 Å². The molecule has 7 nitrogen and oxygen atoms in total. The van der Waals surface area contributed by atoms with Crippen LogP contribution >= 0.6 is 0 Å². The number of para-hydroxylation sites is 2. The van der Waals surface area contributed by atoms with Crippen molar-refractivity contribution < 1.29 is 13.5 Å². The first kappa shape index (κ1) is 26.8. The van der Waals surface area contributed by atoms with Crippen LogP contribution in [0.1, 0.15) is 49.2 Å². The van der Waals surface area contributed by atoms with Gasteiger partial charge in [-0.3, -0.25) is 4.57 Å². The average Bonchev–Trinajstić information content (AvgIpc) is 3.37. The molecule has 0 amide bonds. The summed E-state index contributed by atoms with van der Waals surface area (Å²) >= 11 is 0. The molecule has 6 rings (SSSR count). The molecule has 1 saturated heterocycles. The number of nitrogens with zero attached hydrogens (tertiary/aromatic N) is 5. The predicted octanol–water partition coefficient (Wildman–Crippen LogP) is 5.52. The predicted molar refractivity (Wildman–Crippen MR) is 152 cm³/mol. The Labute approximate surface area is 233 Å². The summed E-state index contributed by atoms with van der Waals surface area (Å²) in [6, 6.07) is 20.3. The molecule has 1 aliphatic heterocycles. The number of hydrogen-bond acceptors (Lipinski definition) is 6. The van der Waals surface area contributed by atoms with E-state index in [-0.39, 0.29) is 5.82 Å². The van der Waals surface area contributed by atoms with Gasteiger partial charge in [0.05, 0.1) is 24.2 Å². The Morgan fingerprint density at radius 2 is 1.70 bits per heavy atom. The molecule has 210 valence electrons. The molecule has 1 aliphatic carbocycles. The average molecular weight is 547 g/mol. The van der Waals surface area contributed by atoms with E-state index in [4.69, 9.17) is 14.7 Å². The van der Waals surface area contributed by atoms with Gasteiger partial charge in [-0.05, 0) is 68.7 Å². The van der Waals surface area contributed by atoms with Crippen LogP contribution < -0.4 is 10.2 Å². The monoisotopic (exact) mass is 546 g/mol. The number of aryl methyl sites for hydroxylation is 1. The number of anilines is 1. The van der Waals surface area contributed by atoms with Crippen LogP contribution in [-0.4, -0.2) is 58.4 Å². The van der Waals surface area contributed by atoms with E-state index in [1.54, 1.807) is 6.07 Å². The first-order chi connectivity index (χ1) is 19.6. The lowest BCUT2D eigenvalue weighted by atomic mass is 9.77. The largest absolute Gasteiger partial charge is 0.378 e. The molecule has 4 aromatic rings. The summed E-state index contributed by atoms with van der Waals surface area (Å²) in [5.74, 6) is 1.44. The molecule has 2 aromatic heterocycles. The number of ether oxygens (including phenoxy) is 1. The minimum Gasteiger partial charge on any atom is -0.378 e. The normalized spacial score (nSPS) is 19.3. The van der Waals surface area contributed by atoms with Crippen molar-refractivity contribution >= 4 is 17.0 Å². The molecule has 2 aliphatic rings. The summed E-state index contributed by atoms with van der Waals surface area (Å²) in [5, 5.41) is 3.70. The Bertz CT molecular complexity index is 1400. The summed E-state index contributed by atoms with van der Waals surface area (Å²) in [4.78, 5) is 15.9. The number of morpholine rings is 1. The van der Waals surface area contributed by atoms with E-state index in [2.05, 4.69) is 45.5 Å². The van der Waals surface area contributed by atoms with Crippen molar-refractivity contribution in [2.75, 3.05) is 37.7 Å². The maximum absolute atomic E-state index is 14.1. The second-order valence-corrected chi connectivity index (χ2v) is 10.8. The number of fused-ring (bicyclic) bond motifs is 1. The van der Waals surface area contributed by atoms with E-state index in [0.29, 0.717) is 55.1 Å². The van der Waals surface area contributed by atoms with E-state index in [1.807, 2.05) is 24.3 Å². The van der Waals surface area contributed by atoms with Gasteiger partial charge in [0.25, 0.3) is 6.43 Å². The summed E-state index contributed by atoms with van der Waals surface area (Å²) < 4.78 is 35.2. The lowest BCUT2D eigenvalue weighted by molar-refractivity contribution is 0.122. The number of rotatable bonds is 11. The second kappa shape index (κ2) is 12.4. The van der Waals surface area contributed by atoms with Gasteiger partial charge in [-0.25, -0.2) is 18.7 Å². The van der Waals surface area contributed by atoms with Gasteiger partial charge in [-0.1, -0.05) is 42.5 Å². The van der Waals surface area contributed by atoms with Crippen LogP contribution in [0.4, 0.5) is 14.7 Å². The van der Waals surface area contributed by atoms with Crippen LogP contribution in [0.5, 0.6) is 0 Å². The maximum atomic E-state index is 14.1. The van der Waals surface area contributed by atoms with E-state index in [0.717, 1.165) is 43.8 Å². The Kier molecular flexibility index (Phi) is 8.29. The van der Waals surface area contributed by atoms with E-state index < -0.39 is 6.43 Å². The van der Waals surface area contributed by atoms with Crippen molar-refractivity contribution in [2.45, 2.75) is 51.0 Å². The van der Waals surface area contributed by atoms with Gasteiger partial charge in [0.15, 0.2) is 5.82 Å². The van der Waals surface area contributed by atoms with Crippen LogP contribution in [0.15, 0.2) is 60.7 Å². The van der Waals surface area contributed by atoms with Crippen molar-refractivity contribution in [3.05, 3.63) is 77.7 Å². The molecule has 1 saturated carbocycles. The maximum Gasteiger partial charge on any atom is 0.296 e. The first-order valence-corrected chi connectivity index (χ1v) is 14.4. The molecule has 1 N–H and O–H groups in total. The number of alkyl halides is 2. The van der Waals surface area contributed by atoms with E-state index in [9.17, 15) is 8.78 Å². The molecule has 0 bridgehead atoms. The highest BCUT2D eigenvalue weighted by Crippen LogP contribution is 2.32. The highest BCUT2D eigenvalue weighted by molar-refractivity contribution is 5.78. The molecule has 2 fully saturated rings. The third kappa shape index (κ3) is 6.15. The Morgan fingerprint density at radius 3 is 2.50 bits per heavy atom. The van der Waals surface area contributed by atoms with Crippen molar-refractivity contribution in [1.82, 2.24) is 24.8 Å². The van der Waals surface area contributed by atoms with Gasteiger partial charge in [-0.15, -0.1) is 0 Å². The summed E-state index contributed by atoms with van der Waals surface area (Å²) in [5.41, 5.74) is 3.40. The molecule has 0 unspecified atom stereocenters. The molecule has 3 heterocycles. The smallest absolute Gasteiger partial charge is 0.296 e. The topological polar surface area (TPSA) is 68.1 Å². The number of imidazole rings is 1. The number of aromatic nitrogens is 4. The standard InChI is InChI=1S/C31H36F2N6O/c32-29(33)30-36-26-11-4-5-12-27(26)39(30)28-21-24(35-31(37-28)38-15-17-40-18-16-38)10-6-9-23-19-25(20-23)34-14-13-22-7-2-1-3-8-22/h1-5,7-8,11-12,21,23,25,29,34H,6,9-10,13-20H2. The summed E-state index contributed by atoms with van der Waals surface area (Å²) in [6.07, 6.45) is 3.69. The van der Waals surface area contributed by atoms with Crippen LogP contribution in [0.3, 0.4) is 0 Å². The van der Waals surface area contributed by atoms with Gasteiger partial charge < -0.3 is 15.0 Å². The fraction of sp³-hybridized carbons (Fsp3) is 0.452. The second-order valence-electron chi connectivity index (χ2n) is 10.8. The van der Waals surface area contributed by atoms with Gasteiger partial charge in [0.1, 0.15) is 5.82 Å². The summed E-state index contributed by atoms with van der Waals surface area (Å²) in [7, 11) is 0. The number of halogens is 2. The Hall–Kier alpha value is -3.43. The minimum atomic E-state index is -2.72. The van der Waals surface area contributed by atoms with Gasteiger partial charge in [0, 0.05) is 30.9 Å². The van der Waals surface area contributed by atoms with Crippen molar-refractivity contribution in [2.24, 2.45) is 5.92 Å². The van der Waals surface area contributed by atoms with Crippen LogP contribution in [0.2, 0.25) is 0 Å². The highest BCUT2D eigenvalue weighted by Gasteiger charge is 2.28. The van der Waals surface area contributed by atoms with Crippen molar-refractivity contribution in [3.63, 3.8) is 0 Å². The third-order valence-electron chi connectivity index (χ3n) is 8.03. The van der Waals surface area contributed by atoms with Crippen LogP contribution in [0, 0.1) is 5.92 Å². The molecular formula is C31H36F2N6O. The SMILES string of the molecule is FC(F)c1nc2ccccc2n1-c1cc(CCCC2CC(NCCc3ccccc3)C2)nc(N2CCOCC2)n1. The first-order valence-electron chi connectivity index (χ1n) is 14.4. The highest BCUT2D eigenvalue weighted by atomic mass is 19.3. The number of benzene rings is 2. The molecule has 0 spiro atoms. The lowest BCUT2D eigenvalue weighted by Crippen LogP contribution is -2.42. The van der Waals surface area contributed by atoms with Gasteiger partial charge in [0.2, 0.25) is 5.95 Å².